The zero-order chi connectivity index (χ0) is 9.42. The fourth-order valence-corrected chi connectivity index (χ4v) is 1.42. The molecule has 0 amide bonds. The first-order valence-corrected chi connectivity index (χ1v) is 4.45. The molecule has 2 nitrogen and oxygen atoms in total. The number of benzene rings is 1. The lowest BCUT2D eigenvalue weighted by Crippen LogP contribution is -1.86. The SMILES string of the molecule is CC(C)c1ccc2c(N)coc2c1. The van der Waals surface area contributed by atoms with Crippen LogP contribution in [0.1, 0.15) is 25.3 Å². The second-order valence-corrected chi connectivity index (χ2v) is 3.60. The van der Waals surface area contributed by atoms with Gasteiger partial charge in [0.1, 0.15) is 11.8 Å². The molecule has 0 saturated carbocycles. The van der Waals surface area contributed by atoms with Gasteiger partial charge in [-0.1, -0.05) is 19.9 Å². The van der Waals surface area contributed by atoms with E-state index in [1.807, 2.05) is 6.07 Å². The Labute approximate surface area is 77.3 Å². The van der Waals surface area contributed by atoms with Crippen molar-refractivity contribution in [2.75, 3.05) is 5.73 Å². The van der Waals surface area contributed by atoms with Gasteiger partial charge in [-0.2, -0.15) is 0 Å². The highest BCUT2D eigenvalue weighted by Gasteiger charge is 2.05. The summed E-state index contributed by atoms with van der Waals surface area (Å²) in [4.78, 5) is 0. The molecule has 0 atom stereocenters. The molecule has 0 radical (unpaired) electrons. The number of hydrogen-bond donors (Lipinski definition) is 1. The largest absolute Gasteiger partial charge is 0.462 e. The van der Waals surface area contributed by atoms with Gasteiger partial charge in [-0.05, 0) is 23.6 Å². The van der Waals surface area contributed by atoms with E-state index in [1.165, 1.54) is 5.56 Å². The maximum absolute atomic E-state index is 5.71. The van der Waals surface area contributed by atoms with E-state index >= 15 is 0 Å². The molecule has 1 aromatic heterocycles. The number of hydrogen-bond acceptors (Lipinski definition) is 2. The van der Waals surface area contributed by atoms with E-state index in [-0.39, 0.29) is 0 Å². The summed E-state index contributed by atoms with van der Waals surface area (Å²) in [5.74, 6) is 0.524. The van der Waals surface area contributed by atoms with Gasteiger partial charge in [-0.3, -0.25) is 0 Å². The number of anilines is 1. The molecule has 0 saturated heterocycles. The fraction of sp³-hybridized carbons (Fsp3) is 0.273. The molecule has 13 heavy (non-hydrogen) atoms. The normalized spacial score (nSPS) is 11.3. The Kier molecular flexibility index (Phi) is 1.76. The van der Waals surface area contributed by atoms with E-state index in [9.17, 15) is 0 Å². The molecule has 68 valence electrons. The topological polar surface area (TPSA) is 39.2 Å². The van der Waals surface area contributed by atoms with Gasteiger partial charge in [-0.25, -0.2) is 0 Å². The molecular weight excluding hydrogens is 162 g/mol. The highest BCUT2D eigenvalue weighted by atomic mass is 16.3. The summed E-state index contributed by atoms with van der Waals surface area (Å²) in [6.45, 7) is 4.32. The number of furan rings is 1. The molecule has 0 aliphatic heterocycles. The van der Waals surface area contributed by atoms with Gasteiger partial charge >= 0.3 is 0 Å². The van der Waals surface area contributed by atoms with Gasteiger partial charge in [0, 0.05) is 5.39 Å². The van der Waals surface area contributed by atoms with Crippen molar-refractivity contribution in [3.8, 4) is 0 Å². The van der Waals surface area contributed by atoms with Crippen LogP contribution in [0.4, 0.5) is 5.69 Å². The third-order valence-electron chi connectivity index (χ3n) is 2.30. The van der Waals surface area contributed by atoms with Gasteiger partial charge in [0.15, 0.2) is 0 Å². The van der Waals surface area contributed by atoms with Crippen LogP contribution in [-0.4, -0.2) is 0 Å². The van der Waals surface area contributed by atoms with Crippen LogP contribution in [-0.2, 0) is 0 Å². The van der Waals surface area contributed by atoms with Crippen molar-refractivity contribution in [1.29, 1.82) is 0 Å². The standard InChI is InChI=1S/C11H13NO/c1-7(2)8-3-4-9-10(12)6-13-11(9)5-8/h3-7H,12H2,1-2H3. The van der Waals surface area contributed by atoms with E-state index < -0.39 is 0 Å². The van der Waals surface area contributed by atoms with Gasteiger partial charge in [0.2, 0.25) is 0 Å². The Hall–Kier alpha value is -1.44. The second-order valence-electron chi connectivity index (χ2n) is 3.60. The van der Waals surface area contributed by atoms with Crippen molar-refractivity contribution < 1.29 is 4.42 Å². The van der Waals surface area contributed by atoms with Crippen LogP contribution in [0.25, 0.3) is 11.0 Å². The van der Waals surface area contributed by atoms with E-state index in [0.717, 1.165) is 11.0 Å². The summed E-state index contributed by atoms with van der Waals surface area (Å²) in [7, 11) is 0. The average molecular weight is 175 g/mol. The Bertz CT molecular complexity index is 429. The first-order valence-electron chi connectivity index (χ1n) is 4.45. The van der Waals surface area contributed by atoms with Crippen LogP contribution in [0.3, 0.4) is 0 Å². The summed E-state index contributed by atoms with van der Waals surface area (Å²) in [6.07, 6.45) is 1.59. The Morgan fingerprint density at radius 2 is 2.08 bits per heavy atom. The van der Waals surface area contributed by atoms with Crippen molar-refractivity contribution in [3.63, 3.8) is 0 Å². The fourth-order valence-electron chi connectivity index (χ4n) is 1.42. The molecule has 0 unspecified atom stereocenters. The summed E-state index contributed by atoms with van der Waals surface area (Å²) in [5, 5.41) is 1.00. The Morgan fingerprint density at radius 3 is 2.77 bits per heavy atom. The Morgan fingerprint density at radius 1 is 1.31 bits per heavy atom. The van der Waals surface area contributed by atoms with Crippen LogP contribution in [0, 0.1) is 0 Å². The lowest BCUT2D eigenvalue weighted by Gasteiger charge is -2.03. The van der Waals surface area contributed by atoms with Crippen LogP contribution in [0.5, 0.6) is 0 Å². The number of fused-ring (bicyclic) bond motifs is 1. The van der Waals surface area contributed by atoms with Crippen LogP contribution >= 0.6 is 0 Å². The monoisotopic (exact) mass is 175 g/mol. The van der Waals surface area contributed by atoms with E-state index in [1.54, 1.807) is 6.26 Å². The molecule has 2 aromatic rings. The van der Waals surface area contributed by atoms with Gasteiger partial charge in [-0.15, -0.1) is 0 Å². The molecule has 0 bridgehead atoms. The van der Waals surface area contributed by atoms with E-state index in [2.05, 4.69) is 26.0 Å². The van der Waals surface area contributed by atoms with Crippen molar-refractivity contribution in [2.45, 2.75) is 19.8 Å². The second kappa shape index (κ2) is 2.80. The predicted octanol–water partition coefficient (Wildman–Crippen LogP) is 3.14. The molecule has 1 aromatic carbocycles. The zero-order valence-electron chi connectivity index (χ0n) is 7.87. The number of rotatable bonds is 1. The molecular formula is C11H13NO. The Balaban J connectivity index is 2.63. The van der Waals surface area contributed by atoms with Crippen molar-refractivity contribution in [1.82, 2.24) is 0 Å². The molecule has 0 aliphatic rings. The minimum atomic E-state index is 0.524. The van der Waals surface area contributed by atoms with E-state index in [0.29, 0.717) is 11.6 Å². The quantitative estimate of drug-likeness (QED) is 0.723. The summed E-state index contributed by atoms with van der Waals surface area (Å²) in [6, 6.07) is 6.17. The molecule has 2 rings (SSSR count). The summed E-state index contributed by atoms with van der Waals surface area (Å²) >= 11 is 0. The minimum Gasteiger partial charge on any atom is -0.462 e. The molecule has 2 heteroatoms. The molecule has 0 fully saturated rings. The maximum Gasteiger partial charge on any atom is 0.136 e. The van der Waals surface area contributed by atoms with Gasteiger partial charge < -0.3 is 10.2 Å². The average Bonchev–Trinajstić information content (AvgIpc) is 2.47. The van der Waals surface area contributed by atoms with Gasteiger partial charge in [0.25, 0.3) is 0 Å². The van der Waals surface area contributed by atoms with Gasteiger partial charge in [0.05, 0.1) is 5.69 Å². The van der Waals surface area contributed by atoms with E-state index in [4.69, 9.17) is 10.2 Å². The first-order chi connectivity index (χ1) is 6.18. The predicted molar refractivity (Wildman–Crippen MR) is 54.7 cm³/mol. The van der Waals surface area contributed by atoms with Crippen LogP contribution in [0.2, 0.25) is 0 Å². The molecule has 1 heterocycles. The van der Waals surface area contributed by atoms with Crippen molar-refractivity contribution >= 4 is 16.7 Å². The molecule has 0 spiro atoms. The summed E-state index contributed by atoms with van der Waals surface area (Å²) < 4.78 is 5.31. The van der Waals surface area contributed by atoms with Crippen LogP contribution < -0.4 is 5.73 Å². The van der Waals surface area contributed by atoms with Crippen molar-refractivity contribution in [2.24, 2.45) is 0 Å². The molecule has 0 aliphatic carbocycles. The highest BCUT2D eigenvalue weighted by molar-refractivity contribution is 5.89. The van der Waals surface area contributed by atoms with Crippen molar-refractivity contribution in [3.05, 3.63) is 30.0 Å². The maximum atomic E-state index is 5.71. The smallest absolute Gasteiger partial charge is 0.136 e. The zero-order valence-corrected chi connectivity index (χ0v) is 7.87. The van der Waals surface area contributed by atoms with Crippen LogP contribution in [0.15, 0.2) is 28.9 Å². The summed E-state index contributed by atoms with van der Waals surface area (Å²) in [5.41, 5.74) is 8.58. The lowest BCUT2D eigenvalue weighted by atomic mass is 10.0. The number of nitrogen functional groups attached to an aromatic ring is 1. The third kappa shape index (κ3) is 1.28. The highest BCUT2D eigenvalue weighted by Crippen LogP contribution is 2.26. The first kappa shape index (κ1) is 8.17. The third-order valence-corrected chi connectivity index (χ3v) is 2.30. The lowest BCUT2D eigenvalue weighted by molar-refractivity contribution is 0.616. The number of nitrogens with two attached hydrogens (primary N) is 1. The minimum absolute atomic E-state index is 0.524. The molecule has 2 N–H and O–H groups in total.